The van der Waals surface area contributed by atoms with Crippen molar-refractivity contribution in [2.24, 2.45) is 0 Å². The van der Waals surface area contributed by atoms with Gasteiger partial charge in [-0.25, -0.2) is 0 Å². The van der Waals surface area contributed by atoms with Gasteiger partial charge in [0.15, 0.2) is 0 Å². The summed E-state index contributed by atoms with van der Waals surface area (Å²) >= 11 is 6.34. The molecule has 0 unspecified atom stereocenters. The molecule has 0 nitrogen and oxygen atoms in total. The lowest BCUT2D eigenvalue weighted by Crippen LogP contribution is -1.87. The Bertz CT molecular complexity index is 889. The van der Waals surface area contributed by atoms with Crippen LogP contribution in [0.3, 0.4) is 0 Å². The van der Waals surface area contributed by atoms with Crippen LogP contribution in [0.1, 0.15) is 22.3 Å². The van der Waals surface area contributed by atoms with Gasteiger partial charge in [0.05, 0.1) is 0 Å². The van der Waals surface area contributed by atoms with E-state index in [1.807, 2.05) is 24.3 Å². The molecule has 0 atom stereocenters. The van der Waals surface area contributed by atoms with E-state index in [0.29, 0.717) is 0 Å². The zero-order valence-corrected chi connectivity index (χ0v) is 14.4. The fourth-order valence-corrected chi connectivity index (χ4v) is 3.00. The van der Waals surface area contributed by atoms with Gasteiger partial charge in [-0.1, -0.05) is 97.1 Å². The minimum atomic E-state index is 0.737. The molecule has 0 aliphatic heterocycles. The van der Waals surface area contributed by atoms with Crippen molar-refractivity contribution in [2.45, 2.75) is 6.92 Å². The van der Waals surface area contributed by atoms with Crippen LogP contribution >= 0.6 is 11.6 Å². The van der Waals surface area contributed by atoms with Crippen LogP contribution in [-0.4, -0.2) is 0 Å². The molecular formula is C23H19Cl. The number of rotatable bonds is 4. The maximum absolute atomic E-state index is 6.34. The maximum atomic E-state index is 6.34. The summed E-state index contributed by atoms with van der Waals surface area (Å²) in [4.78, 5) is 0. The highest BCUT2D eigenvalue weighted by Gasteiger charge is 2.04. The highest BCUT2D eigenvalue weighted by atomic mass is 35.5. The molecule has 0 aromatic heterocycles. The summed E-state index contributed by atoms with van der Waals surface area (Å²) in [6, 6.07) is 22.8. The van der Waals surface area contributed by atoms with E-state index >= 15 is 0 Å². The number of benzene rings is 3. The Balaban J connectivity index is 1.95. The van der Waals surface area contributed by atoms with Crippen LogP contribution in [0.2, 0.25) is 5.02 Å². The third-order valence-corrected chi connectivity index (χ3v) is 4.49. The normalized spacial score (nSPS) is 10.9. The van der Waals surface area contributed by atoms with Gasteiger partial charge in [-0.15, -0.1) is 0 Å². The van der Waals surface area contributed by atoms with Crippen molar-refractivity contribution >= 4 is 29.8 Å². The molecule has 0 amide bonds. The van der Waals surface area contributed by atoms with Crippen molar-refractivity contribution in [1.82, 2.24) is 0 Å². The van der Waals surface area contributed by atoms with Gasteiger partial charge in [-0.05, 0) is 46.4 Å². The SMILES string of the molecule is C=Cc1ccc(/C=C/c2cccc(-c3ccccc3)c2C)c(Cl)c1. The van der Waals surface area contributed by atoms with Gasteiger partial charge in [0.1, 0.15) is 0 Å². The smallest absolute Gasteiger partial charge is 0.0484 e. The Hall–Kier alpha value is -2.57. The van der Waals surface area contributed by atoms with Crippen molar-refractivity contribution in [1.29, 1.82) is 0 Å². The third-order valence-electron chi connectivity index (χ3n) is 4.16. The van der Waals surface area contributed by atoms with E-state index in [9.17, 15) is 0 Å². The molecule has 1 heteroatoms. The molecule has 0 saturated carbocycles. The predicted molar refractivity (Wildman–Crippen MR) is 107 cm³/mol. The summed E-state index contributed by atoms with van der Waals surface area (Å²) in [5.41, 5.74) is 6.98. The largest absolute Gasteiger partial charge is 0.0985 e. The molecule has 0 saturated heterocycles. The second kappa shape index (κ2) is 7.33. The van der Waals surface area contributed by atoms with E-state index in [1.54, 1.807) is 6.08 Å². The number of hydrogen-bond acceptors (Lipinski definition) is 0. The van der Waals surface area contributed by atoms with Crippen LogP contribution < -0.4 is 0 Å². The Kier molecular flexibility index (Phi) is 4.98. The summed E-state index contributed by atoms with van der Waals surface area (Å²) in [5.74, 6) is 0. The Labute approximate surface area is 148 Å². The van der Waals surface area contributed by atoms with Crippen LogP contribution in [0.5, 0.6) is 0 Å². The Morgan fingerprint density at radius 2 is 1.58 bits per heavy atom. The summed E-state index contributed by atoms with van der Waals surface area (Å²) in [6.07, 6.45) is 5.98. The topological polar surface area (TPSA) is 0 Å². The van der Waals surface area contributed by atoms with E-state index in [1.165, 1.54) is 22.3 Å². The average molecular weight is 331 g/mol. The summed E-state index contributed by atoms with van der Waals surface area (Å²) in [7, 11) is 0. The fourth-order valence-electron chi connectivity index (χ4n) is 2.75. The third kappa shape index (κ3) is 3.50. The van der Waals surface area contributed by atoms with Crippen LogP contribution in [-0.2, 0) is 0 Å². The van der Waals surface area contributed by atoms with Gasteiger partial charge < -0.3 is 0 Å². The molecular weight excluding hydrogens is 312 g/mol. The van der Waals surface area contributed by atoms with Crippen molar-refractivity contribution in [3.05, 3.63) is 101 Å². The lowest BCUT2D eigenvalue weighted by molar-refractivity contribution is 1.43. The molecule has 0 N–H and O–H groups in total. The molecule has 0 aliphatic rings. The molecule has 3 aromatic rings. The highest BCUT2D eigenvalue weighted by Crippen LogP contribution is 2.27. The van der Waals surface area contributed by atoms with E-state index in [4.69, 9.17) is 11.6 Å². The van der Waals surface area contributed by atoms with Gasteiger partial charge in [-0.2, -0.15) is 0 Å². The molecule has 118 valence electrons. The first kappa shape index (κ1) is 16.3. The predicted octanol–water partition coefficient (Wildman–Crippen LogP) is 7.13. The van der Waals surface area contributed by atoms with Crippen molar-refractivity contribution < 1.29 is 0 Å². The molecule has 3 rings (SSSR count). The van der Waals surface area contributed by atoms with Gasteiger partial charge in [-0.3, -0.25) is 0 Å². The molecule has 3 aromatic carbocycles. The standard InChI is InChI=1S/C23H19Cl/c1-3-18-12-13-21(23(24)16-18)15-14-19-10-7-11-22(17(19)2)20-8-5-4-6-9-20/h3-16H,1H2,2H3/b15-14+. The van der Waals surface area contributed by atoms with Crippen molar-refractivity contribution in [3.8, 4) is 11.1 Å². The Morgan fingerprint density at radius 3 is 2.29 bits per heavy atom. The zero-order chi connectivity index (χ0) is 16.9. The minimum absolute atomic E-state index is 0.737. The first-order valence-corrected chi connectivity index (χ1v) is 8.32. The molecule has 0 bridgehead atoms. The highest BCUT2D eigenvalue weighted by molar-refractivity contribution is 6.32. The monoisotopic (exact) mass is 330 g/mol. The average Bonchev–Trinajstić information content (AvgIpc) is 2.62. The first-order chi connectivity index (χ1) is 11.7. The molecule has 0 fully saturated rings. The van der Waals surface area contributed by atoms with E-state index in [-0.39, 0.29) is 0 Å². The summed E-state index contributed by atoms with van der Waals surface area (Å²) < 4.78 is 0. The molecule has 24 heavy (non-hydrogen) atoms. The van der Waals surface area contributed by atoms with Gasteiger partial charge in [0.2, 0.25) is 0 Å². The summed E-state index contributed by atoms with van der Waals surface area (Å²) in [5, 5.41) is 0.737. The molecule has 0 spiro atoms. The zero-order valence-electron chi connectivity index (χ0n) is 13.7. The van der Waals surface area contributed by atoms with Crippen LogP contribution in [0.25, 0.3) is 29.4 Å². The van der Waals surface area contributed by atoms with Crippen LogP contribution in [0.15, 0.2) is 73.3 Å². The lowest BCUT2D eigenvalue weighted by atomic mass is 9.96. The molecule has 0 aliphatic carbocycles. The molecule has 0 heterocycles. The quantitative estimate of drug-likeness (QED) is 0.446. The van der Waals surface area contributed by atoms with E-state index in [2.05, 4.69) is 68.1 Å². The van der Waals surface area contributed by atoms with Gasteiger partial charge in [0, 0.05) is 5.02 Å². The van der Waals surface area contributed by atoms with E-state index in [0.717, 1.165) is 16.1 Å². The van der Waals surface area contributed by atoms with Gasteiger partial charge >= 0.3 is 0 Å². The number of hydrogen-bond donors (Lipinski definition) is 0. The fraction of sp³-hybridized carbons (Fsp3) is 0.0435. The van der Waals surface area contributed by atoms with Crippen molar-refractivity contribution in [2.75, 3.05) is 0 Å². The second-order valence-electron chi connectivity index (χ2n) is 5.70. The summed E-state index contributed by atoms with van der Waals surface area (Å²) in [6.45, 7) is 5.93. The van der Waals surface area contributed by atoms with Crippen molar-refractivity contribution in [3.63, 3.8) is 0 Å². The maximum Gasteiger partial charge on any atom is 0.0484 e. The van der Waals surface area contributed by atoms with E-state index < -0.39 is 0 Å². The van der Waals surface area contributed by atoms with Gasteiger partial charge in [0.25, 0.3) is 0 Å². The molecule has 0 radical (unpaired) electrons. The lowest BCUT2D eigenvalue weighted by Gasteiger charge is -2.09. The second-order valence-corrected chi connectivity index (χ2v) is 6.11. The van der Waals surface area contributed by atoms with Crippen LogP contribution in [0, 0.1) is 6.92 Å². The number of halogens is 1. The Morgan fingerprint density at radius 1 is 0.833 bits per heavy atom. The minimum Gasteiger partial charge on any atom is -0.0985 e. The van der Waals surface area contributed by atoms with Crippen LogP contribution in [0.4, 0.5) is 0 Å². The first-order valence-electron chi connectivity index (χ1n) is 7.94.